The van der Waals surface area contributed by atoms with E-state index in [-0.39, 0.29) is 6.04 Å². The van der Waals surface area contributed by atoms with E-state index in [4.69, 9.17) is 5.73 Å². The van der Waals surface area contributed by atoms with Gasteiger partial charge in [0, 0.05) is 5.69 Å². The number of pyridine rings is 1. The molecule has 0 spiro atoms. The van der Waals surface area contributed by atoms with Crippen LogP contribution in [0, 0.1) is 6.92 Å². The highest BCUT2D eigenvalue weighted by molar-refractivity contribution is 5.35. The molecule has 2 N–H and O–H groups in total. The third-order valence-electron chi connectivity index (χ3n) is 3.32. The van der Waals surface area contributed by atoms with Crippen LogP contribution in [0.4, 0.5) is 0 Å². The molecule has 0 aliphatic carbocycles. The van der Waals surface area contributed by atoms with Gasteiger partial charge >= 0.3 is 0 Å². The van der Waals surface area contributed by atoms with Crippen molar-refractivity contribution in [3.63, 3.8) is 0 Å². The normalized spacial score (nSPS) is 12.3. The summed E-state index contributed by atoms with van der Waals surface area (Å²) in [4.78, 5) is 8.54. The molecule has 2 heterocycles. The minimum absolute atomic E-state index is 0.208. The van der Waals surface area contributed by atoms with Crippen molar-refractivity contribution in [2.45, 2.75) is 13.0 Å². The Morgan fingerprint density at radius 3 is 2.55 bits per heavy atom. The van der Waals surface area contributed by atoms with E-state index >= 15 is 0 Å². The Morgan fingerprint density at radius 1 is 1.05 bits per heavy atom. The van der Waals surface area contributed by atoms with Crippen LogP contribution < -0.4 is 5.73 Å². The topological polar surface area (TPSA) is 56.7 Å². The van der Waals surface area contributed by atoms with E-state index in [2.05, 4.69) is 9.97 Å². The van der Waals surface area contributed by atoms with Crippen molar-refractivity contribution in [3.8, 4) is 5.69 Å². The van der Waals surface area contributed by atoms with Crippen LogP contribution in [-0.2, 0) is 0 Å². The van der Waals surface area contributed by atoms with Crippen molar-refractivity contribution in [2.75, 3.05) is 0 Å². The minimum Gasteiger partial charge on any atom is -0.319 e. The van der Waals surface area contributed by atoms with E-state index in [1.807, 2.05) is 60.2 Å². The fraction of sp³-hybridized carbons (Fsp3) is 0.125. The van der Waals surface area contributed by atoms with Gasteiger partial charge in [-0.15, -0.1) is 0 Å². The standard InChI is InChI=1S/C16H16N4/c1-12-7-8-14(9-19-12)20-11-18-10-15(20)16(17)13-5-3-2-4-6-13/h2-11,16H,17H2,1H3. The fourth-order valence-corrected chi connectivity index (χ4v) is 2.18. The molecular formula is C16H16N4. The van der Waals surface area contributed by atoms with Crippen LogP contribution in [0.1, 0.15) is 23.0 Å². The molecule has 100 valence electrons. The molecule has 0 saturated carbocycles. The van der Waals surface area contributed by atoms with E-state index in [1.54, 1.807) is 12.5 Å². The molecule has 0 amide bonds. The zero-order valence-electron chi connectivity index (χ0n) is 11.3. The summed E-state index contributed by atoms with van der Waals surface area (Å²) >= 11 is 0. The van der Waals surface area contributed by atoms with Crippen molar-refractivity contribution >= 4 is 0 Å². The van der Waals surface area contributed by atoms with Crippen LogP contribution in [-0.4, -0.2) is 14.5 Å². The second-order valence-electron chi connectivity index (χ2n) is 4.73. The molecule has 4 heteroatoms. The van der Waals surface area contributed by atoms with Crippen molar-refractivity contribution in [1.82, 2.24) is 14.5 Å². The lowest BCUT2D eigenvalue weighted by atomic mass is 10.1. The van der Waals surface area contributed by atoms with Gasteiger partial charge in [-0.3, -0.25) is 9.55 Å². The van der Waals surface area contributed by atoms with Gasteiger partial charge in [-0.05, 0) is 24.6 Å². The summed E-state index contributed by atoms with van der Waals surface area (Å²) in [6.07, 6.45) is 5.40. The first-order valence-electron chi connectivity index (χ1n) is 6.51. The van der Waals surface area contributed by atoms with Crippen LogP contribution in [0.15, 0.2) is 61.2 Å². The Bertz CT molecular complexity index is 686. The van der Waals surface area contributed by atoms with Gasteiger partial charge in [-0.2, -0.15) is 0 Å². The molecule has 1 atom stereocenters. The lowest BCUT2D eigenvalue weighted by molar-refractivity contribution is 0.791. The second-order valence-corrected chi connectivity index (χ2v) is 4.73. The summed E-state index contributed by atoms with van der Waals surface area (Å²) in [5.41, 5.74) is 10.3. The number of hydrogen-bond donors (Lipinski definition) is 1. The molecule has 0 aliphatic rings. The van der Waals surface area contributed by atoms with E-state index in [1.165, 1.54) is 0 Å². The average molecular weight is 264 g/mol. The Labute approximate surface area is 117 Å². The van der Waals surface area contributed by atoms with Crippen LogP contribution in [0.3, 0.4) is 0 Å². The highest BCUT2D eigenvalue weighted by Gasteiger charge is 2.14. The summed E-state index contributed by atoms with van der Waals surface area (Å²) in [6.45, 7) is 1.97. The quantitative estimate of drug-likeness (QED) is 0.791. The summed E-state index contributed by atoms with van der Waals surface area (Å²) in [7, 11) is 0. The molecule has 4 nitrogen and oxygen atoms in total. The predicted octanol–water partition coefficient (Wildman–Crippen LogP) is 2.62. The maximum absolute atomic E-state index is 6.35. The molecule has 2 aromatic heterocycles. The molecule has 0 aliphatic heterocycles. The van der Waals surface area contributed by atoms with Gasteiger partial charge in [-0.25, -0.2) is 4.98 Å². The van der Waals surface area contributed by atoms with E-state index in [9.17, 15) is 0 Å². The van der Waals surface area contributed by atoms with Gasteiger partial charge in [-0.1, -0.05) is 30.3 Å². The third kappa shape index (κ3) is 2.33. The number of aromatic nitrogens is 3. The van der Waals surface area contributed by atoms with Crippen LogP contribution >= 0.6 is 0 Å². The van der Waals surface area contributed by atoms with E-state index in [0.717, 1.165) is 22.6 Å². The molecule has 3 rings (SSSR count). The Morgan fingerprint density at radius 2 is 1.85 bits per heavy atom. The van der Waals surface area contributed by atoms with Gasteiger partial charge in [0.25, 0.3) is 0 Å². The number of aryl methyl sites for hydroxylation is 1. The fourth-order valence-electron chi connectivity index (χ4n) is 2.18. The van der Waals surface area contributed by atoms with Gasteiger partial charge < -0.3 is 5.73 Å². The number of imidazole rings is 1. The molecular weight excluding hydrogens is 248 g/mol. The van der Waals surface area contributed by atoms with Gasteiger partial charge in [0.1, 0.15) is 0 Å². The van der Waals surface area contributed by atoms with Gasteiger partial charge in [0.15, 0.2) is 0 Å². The first-order chi connectivity index (χ1) is 9.75. The maximum atomic E-state index is 6.35. The molecule has 0 fully saturated rings. The van der Waals surface area contributed by atoms with Crippen molar-refractivity contribution in [1.29, 1.82) is 0 Å². The highest BCUT2D eigenvalue weighted by atomic mass is 15.1. The molecule has 3 aromatic rings. The van der Waals surface area contributed by atoms with Crippen molar-refractivity contribution in [3.05, 3.63) is 78.1 Å². The monoisotopic (exact) mass is 264 g/mol. The SMILES string of the molecule is Cc1ccc(-n2cncc2C(N)c2ccccc2)cn1. The Kier molecular flexibility index (Phi) is 3.31. The Hall–Kier alpha value is -2.46. The molecule has 1 unspecified atom stereocenters. The number of rotatable bonds is 3. The summed E-state index contributed by atoms with van der Waals surface area (Å²) in [5, 5.41) is 0. The number of hydrogen-bond acceptors (Lipinski definition) is 3. The molecule has 0 radical (unpaired) electrons. The number of benzene rings is 1. The van der Waals surface area contributed by atoms with Crippen molar-refractivity contribution < 1.29 is 0 Å². The third-order valence-corrected chi connectivity index (χ3v) is 3.32. The van der Waals surface area contributed by atoms with E-state index < -0.39 is 0 Å². The van der Waals surface area contributed by atoms with Crippen LogP contribution in [0.25, 0.3) is 5.69 Å². The first-order valence-corrected chi connectivity index (χ1v) is 6.51. The van der Waals surface area contributed by atoms with E-state index in [0.29, 0.717) is 0 Å². The minimum atomic E-state index is -0.208. The molecule has 0 saturated heterocycles. The second kappa shape index (κ2) is 5.27. The molecule has 1 aromatic carbocycles. The lowest BCUT2D eigenvalue weighted by Gasteiger charge is -2.15. The van der Waals surface area contributed by atoms with Crippen LogP contribution in [0.2, 0.25) is 0 Å². The molecule has 0 bridgehead atoms. The summed E-state index contributed by atoms with van der Waals surface area (Å²) in [6, 6.07) is 13.8. The lowest BCUT2D eigenvalue weighted by Crippen LogP contribution is -2.15. The zero-order valence-corrected chi connectivity index (χ0v) is 11.3. The number of nitrogens with two attached hydrogens (primary N) is 1. The zero-order chi connectivity index (χ0) is 13.9. The number of nitrogens with zero attached hydrogens (tertiary/aromatic N) is 3. The predicted molar refractivity (Wildman–Crippen MR) is 78.6 cm³/mol. The maximum Gasteiger partial charge on any atom is 0.0995 e. The van der Waals surface area contributed by atoms with Gasteiger partial charge in [0.05, 0.1) is 36.1 Å². The van der Waals surface area contributed by atoms with Crippen molar-refractivity contribution in [2.24, 2.45) is 5.73 Å². The van der Waals surface area contributed by atoms with Crippen LogP contribution in [0.5, 0.6) is 0 Å². The Balaban J connectivity index is 2.00. The smallest absolute Gasteiger partial charge is 0.0995 e. The summed E-state index contributed by atoms with van der Waals surface area (Å²) in [5.74, 6) is 0. The molecule has 20 heavy (non-hydrogen) atoms. The highest BCUT2D eigenvalue weighted by Crippen LogP contribution is 2.21. The largest absolute Gasteiger partial charge is 0.319 e. The summed E-state index contributed by atoms with van der Waals surface area (Å²) < 4.78 is 1.98. The average Bonchev–Trinajstić information content (AvgIpc) is 2.97. The first kappa shape index (κ1) is 12.6. The van der Waals surface area contributed by atoms with Gasteiger partial charge in [0.2, 0.25) is 0 Å².